The van der Waals surface area contributed by atoms with Crippen LogP contribution in [0.4, 0.5) is 0 Å². The van der Waals surface area contributed by atoms with Gasteiger partial charge in [0.1, 0.15) is 6.04 Å². The predicted octanol–water partition coefficient (Wildman–Crippen LogP) is 1.11. The number of likely N-dealkylation sites (tertiary alicyclic amines) is 1. The summed E-state index contributed by atoms with van der Waals surface area (Å²) in [4.78, 5) is 25.6. The lowest BCUT2D eigenvalue weighted by atomic mass is 9.87. The summed E-state index contributed by atoms with van der Waals surface area (Å²) in [5.41, 5.74) is -0.179. The van der Waals surface area contributed by atoms with Gasteiger partial charge >= 0.3 is 5.97 Å². The van der Waals surface area contributed by atoms with E-state index in [1.165, 1.54) is 6.92 Å². The highest BCUT2D eigenvalue weighted by Crippen LogP contribution is 2.41. The minimum Gasteiger partial charge on any atom is -0.464 e. The van der Waals surface area contributed by atoms with E-state index in [9.17, 15) is 9.59 Å². The molecular weight excluding hydrogens is 234 g/mol. The van der Waals surface area contributed by atoms with E-state index in [2.05, 4.69) is 0 Å². The van der Waals surface area contributed by atoms with Crippen molar-refractivity contribution in [3.05, 3.63) is 0 Å². The van der Waals surface area contributed by atoms with E-state index in [1.54, 1.807) is 11.8 Å². The van der Waals surface area contributed by atoms with Crippen molar-refractivity contribution < 1.29 is 19.1 Å². The molecule has 0 bridgehead atoms. The third-order valence-corrected chi connectivity index (χ3v) is 4.03. The van der Waals surface area contributed by atoms with E-state index in [1.807, 2.05) is 0 Å². The first-order valence-electron chi connectivity index (χ1n) is 6.65. The van der Waals surface area contributed by atoms with Gasteiger partial charge < -0.3 is 14.4 Å². The molecule has 2 heterocycles. The van der Waals surface area contributed by atoms with Crippen LogP contribution in [-0.2, 0) is 19.1 Å². The molecule has 2 aliphatic rings. The Morgan fingerprint density at radius 3 is 2.56 bits per heavy atom. The monoisotopic (exact) mass is 255 g/mol. The minimum atomic E-state index is -0.402. The van der Waals surface area contributed by atoms with Crippen molar-refractivity contribution in [2.45, 2.75) is 51.1 Å². The summed E-state index contributed by atoms with van der Waals surface area (Å²) in [5.74, 6) is -0.302. The van der Waals surface area contributed by atoms with Crippen molar-refractivity contribution in [3.63, 3.8) is 0 Å². The molecule has 2 saturated heterocycles. The summed E-state index contributed by atoms with van der Waals surface area (Å²) in [6.45, 7) is 5.01. The number of rotatable bonds is 2. The molecule has 0 saturated carbocycles. The largest absolute Gasteiger partial charge is 0.464 e. The summed E-state index contributed by atoms with van der Waals surface area (Å²) in [6, 6.07) is -0.402. The molecule has 0 aromatic rings. The fraction of sp³-hybridized carbons (Fsp3) is 0.846. The lowest BCUT2D eigenvalue weighted by Gasteiger charge is -2.42. The summed E-state index contributed by atoms with van der Waals surface area (Å²) in [5, 5.41) is 0. The SMILES string of the molecule is CCOC(=O)C1CCC2(CCOCC2)N1C(C)=O. The van der Waals surface area contributed by atoms with Gasteiger partial charge in [-0.15, -0.1) is 0 Å². The highest BCUT2D eigenvalue weighted by atomic mass is 16.5. The number of esters is 1. The maximum absolute atomic E-state index is 11.9. The Kier molecular flexibility index (Phi) is 3.90. The van der Waals surface area contributed by atoms with Gasteiger partial charge in [-0.1, -0.05) is 0 Å². The Bertz CT molecular complexity index is 336. The maximum Gasteiger partial charge on any atom is 0.328 e. The summed E-state index contributed by atoms with van der Waals surface area (Å²) in [7, 11) is 0. The van der Waals surface area contributed by atoms with Gasteiger partial charge in [0.15, 0.2) is 0 Å². The number of ether oxygens (including phenoxy) is 2. The predicted molar refractivity (Wildman–Crippen MR) is 65.0 cm³/mol. The number of hydrogen-bond acceptors (Lipinski definition) is 4. The van der Waals surface area contributed by atoms with Crippen LogP contribution in [0.25, 0.3) is 0 Å². The molecule has 1 unspecified atom stereocenters. The first kappa shape index (κ1) is 13.3. The zero-order chi connectivity index (χ0) is 13.2. The van der Waals surface area contributed by atoms with Crippen molar-refractivity contribution in [3.8, 4) is 0 Å². The van der Waals surface area contributed by atoms with Crippen molar-refractivity contribution in [2.24, 2.45) is 0 Å². The molecule has 0 radical (unpaired) electrons. The van der Waals surface area contributed by atoms with Crippen molar-refractivity contribution >= 4 is 11.9 Å². The molecule has 1 atom stereocenters. The number of carbonyl (C=O) groups excluding carboxylic acids is 2. The van der Waals surface area contributed by atoms with E-state index in [-0.39, 0.29) is 17.4 Å². The first-order chi connectivity index (χ1) is 8.60. The third kappa shape index (κ3) is 2.23. The molecule has 0 aromatic carbocycles. The van der Waals surface area contributed by atoms with Gasteiger partial charge in [-0.25, -0.2) is 4.79 Å². The van der Waals surface area contributed by atoms with Gasteiger partial charge in [-0.3, -0.25) is 4.79 Å². The molecule has 18 heavy (non-hydrogen) atoms. The van der Waals surface area contributed by atoms with Crippen LogP contribution in [0.2, 0.25) is 0 Å². The molecule has 1 spiro atoms. The lowest BCUT2D eigenvalue weighted by molar-refractivity contribution is -0.157. The average molecular weight is 255 g/mol. The summed E-state index contributed by atoms with van der Waals surface area (Å²) >= 11 is 0. The van der Waals surface area contributed by atoms with Gasteiger partial charge in [0, 0.05) is 25.7 Å². The van der Waals surface area contributed by atoms with Crippen LogP contribution in [0.3, 0.4) is 0 Å². The Morgan fingerprint density at radius 2 is 2.00 bits per heavy atom. The van der Waals surface area contributed by atoms with E-state index < -0.39 is 6.04 Å². The molecule has 2 aliphatic heterocycles. The summed E-state index contributed by atoms with van der Waals surface area (Å²) < 4.78 is 10.4. The van der Waals surface area contributed by atoms with Crippen LogP contribution in [-0.4, -0.2) is 48.2 Å². The number of nitrogens with zero attached hydrogens (tertiary/aromatic N) is 1. The topological polar surface area (TPSA) is 55.8 Å². The van der Waals surface area contributed by atoms with E-state index >= 15 is 0 Å². The molecular formula is C13H21NO4. The van der Waals surface area contributed by atoms with Gasteiger partial charge in [-0.05, 0) is 32.6 Å². The van der Waals surface area contributed by atoms with Crippen LogP contribution < -0.4 is 0 Å². The zero-order valence-corrected chi connectivity index (χ0v) is 11.1. The minimum absolute atomic E-state index is 0.0348. The van der Waals surface area contributed by atoms with Crippen LogP contribution in [0.15, 0.2) is 0 Å². The molecule has 5 heteroatoms. The number of amides is 1. The third-order valence-electron chi connectivity index (χ3n) is 4.03. The van der Waals surface area contributed by atoms with Crippen LogP contribution in [0, 0.1) is 0 Å². The van der Waals surface area contributed by atoms with Crippen molar-refractivity contribution in [2.75, 3.05) is 19.8 Å². The fourth-order valence-electron chi connectivity index (χ4n) is 3.24. The molecule has 2 fully saturated rings. The lowest BCUT2D eigenvalue weighted by Crippen LogP contribution is -2.54. The highest BCUT2D eigenvalue weighted by molar-refractivity contribution is 5.84. The Hall–Kier alpha value is -1.10. The van der Waals surface area contributed by atoms with Gasteiger partial charge in [0.25, 0.3) is 0 Å². The quantitative estimate of drug-likeness (QED) is 0.694. The first-order valence-corrected chi connectivity index (χ1v) is 6.65. The van der Waals surface area contributed by atoms with E-state index in [4.69, 9.17) is 9.47 Å². The Morgan fingerprint density at radius 1 is 1.33 bits per heavy atom. The normalized spacial score (nSPS) is 26.3. The molecule has 1 amide bonds. The Labute approximate surface area is 107 Å². The van der Waals surface area contributed by atoms with Crippen molar-refractivity contribution in [1.29, 1.82) is 0 Å². The zero-order valence-electron chi connectivity index (χ0n) is 11.1. The number of carbonyl (C=O) groups is 2. The fourth-order valence-corrected chi connectivity index (χ4v) is 3.24. The van der Waals surface area contributed by atoms with Gasteiger partial charge in [-0.2, -0.15) is 0 Å². The Balaban J connectivity index is 2.19. The molecule has 0 aromatic heterocycles. The number of hydrogen-bond donors (Lipinski definition) is 0. The summed E-state index contributed by atoms with van der Waals surface area (Å²) in [6.07, 6.45) is 3.23. The maximum atomic E-state index is 11.9. The van der Waals surface area contributed by atoms with Gasteiger partial charge in [0.05, 0.1) is 6.61 Å². The second-order valence-corrected chi connectivity index (χ2v) is 5.03. The molecule has 102 valence electrons. The van der Waals surface area contributed by atoms with Crippen molar-refractivity contribution in [1.82, 2.24) is 4.90 Å². The second kappa shape index (κ2) is 5.26. The molecule has 0 aliphatic carbocycles. The van der Waals surface area contributed by atoms with E-state index in [0.29, 0.717) is 26.2 Å². The van der Waals surface area contributed by atoms with Crippen LogP contribution in [0.5, 0.6) is 0 Å². The molecule has 0 N–H and O–H groups in total. The van der Waals surface area contributed by atoms with E-state index in [0.717, 1.165) is 19.3 Å². The van der Waals surface area contributed by atoms with Gasteiger partial charge in [0.2, 0.25) is 5.91 Å². The molecule has 5 nitrogen and oxygen atoms in total. The molecule has 2 rings (SSSR count). The standard InChI is InChI=1S/C13H21NO4/c1-3-18-12(16)11-4-5-13(14(11)10(2)15)6-8-17-9-7-13/h11H,3-9H2,1-2H3. The van der Waals surface area contributed by atoms with Crippen LogP contribution in [0.1, 0.15) is 39.5 Å². The van der Waals surface area contributed by atoms with Crippen LogP contribution >= 0.6 is 0 Å². The highest BCUT2D eigenvalue weighted by Gasteiger charge is 2.51. The second-order valence-electron chi connectivity index (χ2n) is 5.03. The average Bonchev–Trinajstić information content (AvgIpc) is 2.70. The smallest absolute Gasteiger partial charge is 0.328 e.